The molecular formula is C10H10N2O3. The minimum atomic E-state index is -0.882. The van der Waals surface area contributed by atoms with Crippen molar-refractivity contribution in [3.8, 4) is 5.75 Å². The SMILES string of the molecule is COc1cc2nc[nH]c2cc1CC(=O)O. The van der Waals surface area contributed by atoms with Crippen molar-refractivity contribution in [3.05, 3.63) is 24.0 Å². The summed E-state index contributed by atoms with van der Waals surface area (Å²) in [5.74, 6) is -0.329. The van der Waals surface area contributed by atoms with E-state index in [0.717, 1.165) is 11.0 Å². The molecule has 2 rings (SSSR count). The van der Waals surface area contributed by atoms with Gasteiger partial charge in [-0.25, -0.2) is 4.98 Å². The molecule has 0 saturated heterocycles. The molecule has 0 aliphatic heterocycles. The lowest BCUT2D eigenvalue weighted by molar-refractivity contribution is -0.136. The molecule has 0 aliphatic carbocycles. The van der Waals surface area contributed by atoms with Crippen LogP contribution in [0.4, 0.5) is 0 Å². The summed E-state index contributed by atoms with van der Waals surface area (Å²) in [6.45, 7) is 0. The number of hydrogen-bond donors (Lipinski definition) is 2. The quantitative estimate of drug-likeness (QED) is 0.791. The summed E-state index contributed by atoms with van der Waals surface area (Å²) in [5.41, 5.74) is 2.22. The molecule has 0 saturated carbocycles. The molecule has 0 aliphatic rings. The van der Waals surface area contributed by atoms with Crippen LogP contribution in [0.15, 0.2) is 18.5 Å². The Balaban J connectivity index is 2.54. The van der Waals surface area contributed by atoms with E-state index in [9.17, 15) is 4.79 Å². The average Bonchev–Trinajstić information content (AvgIpc) is 2.62. The van der Waals surface area contributed by atoms with E-state index in [4.69, 9.17) is 9.84 Å². The van der Waals surface area contributed by atoms with E-state index in [1.807, 2.05) is 0 Å². The Morgan fingerprint density at radius 3 is 3.07 bits per heavy atom. The number of fused-ring (bicyclic) bond motifs is 1. The monoisotopic (exact) mass is 206 g/mol. The molecule has 15 heavy (non-hydrogen) atoms. The average molecular weight is 206 g/mol. The van der Waals surface area contributed by atoms with Crippen molar-refractivity contribution in [2.45, 2.75) is 6.42 Å². The van der Waals surface area contributed by atoms with Gasteiger partial charge < -0.3 is 14.8 Å². The molecule has 78 valence electrons. The van der Waals surface area contributed by atoms with Gasteiger partial charge in [0.05, 0.1) is 30.9 Å². The molecule has 2 aromatic rings. The van der Waals surface area contributed by atoms with E-state index in [1.54, 1.807) is 18.5 Å². The molecule has 0 bridgehead atoms. The van der Waals surface area contributed by atoms with Gasteiger partial charge in [-0.15, -0.1) is 0 Å². The Labute approximate surface area is 85.7 Å². The van der Waals surface area contributed by atoms with Gasteiger partial charge in [0, 0.05) is 11.6 Å². The molecule has 1 heterocycles. The third kappa shape index (κ3) is 1.76. The van der Waals surface area contributed by atoms with Gasteiger partial charge in [-0.3, -0.25) is 4.79 Å². The Morgan fingerprint density at radius 1 is 1.60 bits per heavy atom. The standard InChI is InChI=1S/C10H10N2O3/c1-15-9-4-8-7(11-5-12-8)2-6(9)3-10(13)14/h2,4-5H,3H2,1H3,(H,11,12)(H,13,14). The molecule has 1 aromatic carbocycles. The maximum absolute atomic E-state index is 10.6. The zero-order valence-corrected chi connectivity index (χ0v) is 8.15. The highest BCUT2D eigenvalue weighted by molar-refractivity contribution is 5.80. The molecule has 0 spiro atoms. The zero-order valence-electron chi connectivity index (χ0n) is 8.15. The van der Waals surface area contributed by atoms with Gasteiger partial charge >= 0.3 is 5.97 Å². The van der Waals surface area contributed by atoms with Crippen molar-refractivity contribution >= 4 is 17.0 Å². The minimum absolute atomic E-state index is 0.0574. The second kappa shape index (κ2) is 3.61. The number of methoxy groups -OCH3 is 1. The Kier molecular flexibility index (Phi) is 2.29. The van der Waals surface area contributed by atoms with Gasteiger partial charge in [0.25, 0.3) is 0 Å². The molecule has 0 amide bonds. The highest BCUT2D eigenvalue weighted by Crippen LogP contribution is 2.24. The van der Waals surface area contributed by atoms with E-state index in [1.165, 1.54) is 7.11 Å². The summed E-state index contributed by atoms with van der Waals surface area (Å²) in [6.07, 6.45) is 1.51. The number of aromatic amines is 1. The molecule has 5 heteroatoms. The van der Waals surface area contributed by atoms with E-state index < -0.39 is 5.97 Å². The maximum atomic E-state index is 10.6. The highest BCUT2D eigenvalue weighted by Gasteiger charge is 2.10. The molecule has 2 N–H and O–H groups in total. The van der Waals surface area contributed by atoms with Crippen LogP contribution >= 0.6 is 0 Å². The first-order valence-corrected chi connectivity index (χ1v) is 4.42. The number of ether oxygens (including phenoxy) is 1. The van der Waals surface area contributed by atoms with Crippen molar-refractivity contribution in [2.24, 2.45) is 0 Å². The van der Waals surface area contributed by atoms with Crippen molar-refractivity contribution in [2.75, 3.05) is 7.11 Å². The molecule has 5 nitrogen and oxygen atoms in total. The summed E-state index contributed by atoms with van der Waals surface area (Å²) in [7, 11) is 1.51. The number of carboxylic acids is 1. The second-order valence-corrected chi connectivity index (χ2v) is 3.15. The van der Waals surface area contributed by atoms with E-state index in [2.05, 4.69) is 9.97 Å². The smallest absolute Gasteiger partial charge is 0.307 e. The van der Waals surface area contributed by atoms with Crippen molar-refractivity contribution in [1.82, 2.24) is 9.97 Å². The number of aliphatic carboxylic acids is 1. The number of carboxylic acid groups (broad SMARTS) is 1. The summed E-state index contributed by atoms with van der Waals surface area (Å²) >= 11 is 0. The third-order valence-corrected chi connectivity index (χ3v) is 2.16. The fourth-order valence-corrected chi connectivity index (χ4v) is 1.50. The lowest BCUT2D eigenvalue weighted by Gasteiger charge is -2.05. The van der Waals surface area contributed by atoms with Crippen LogP contribution in [0.1, 0.15) is 5.56 Å². The third-order valence-electron chi connectivity index (χ3n) is 2.16. The first-order valence-electron chi connectivity index (χ1n) is 4.42. The lowest BCUT2D eigenvalue weighted by Crippen LogP contribution is -2.02. The van der Waals surface area contributed by atoms with Crippen molar-refractivity contribution in [1.29, 1.82) is 0 Å². The largest absolute Gasteiger partial charge is 0.496 e. The number of carbonyl (C=O) groups is 1. The second-order valence-electron chi connectivity index (χ2n) is 3.15. The maximum Gasteiger partial charge on any atom is 0.307 e. The van der Waals surface area contributed by atoms with Crippen LogP contribution in [0.2, 0.25) is 0 Å². The summed E-state index contributed by atoms with van der Waals surface area (Å²) < 4.78 is 5.11. The van der Waals surface area contributed by atoms with Crippen LogP contribution in [-0.4, -0.2) is 28.2 Å². The van der Waals surface area contributed by atoms with Crippen LogP contribution in [0.3, 0.4) is 0 Å². The number of benzene rings is 1. The number of aromatic nitrogens is 2. The van der Waals surface area contributed by atoms with E-state index in [0.29, 0.717) is 11.3 Å². The van der Waals surface area contributed by atoms with Crippen LogP contribution in [0.25, 0.3) is 11.0 Å². The van der Waals surface area contributed by atoms with Gasteiger partial charge in [0.15, 0.2) is 0 Å². The first-order chi connectivity index (χ1) is 7.20. The highest BCUT2D eigenvalue weighted by atomic mass is 16.5. The van der Waals surface area contributed by atoms with Crippen molar-refractivity contribution in [3.63, 3.8) is 0 Å². The van der Waals surface area contributed by atoms with Gasteiger partial charge in [-0.1, -0.05) is 0 Å². The molecule has 0 fully saturated rings. The normalized spacial score (nSPS) is 10.5. The molecule has 0 radical (unpaired) electrons. The predicted molar refractivity (Wildman–Crippen MR) is 54.0 cm³/mol. The van der Waals surface area contributed by atoms with Crippen LogP contribution in [0.5, 0.6) is 5.75 Å². The lowest BCUT2D eigenvalue weighted by atomic mass is 10.1. The number of nitrogens with zero attached hydrogens (tertiary/aromatic N) is 1. The molecule has 0 atom stereocenters. The fraction of sp³-hybridized carbons (Fsp3) is 0.200. The summed E-state index contributed by atoms with van der Waals surface area (Å²) in [4.78, 5) is 17.6. The molecular weight excluding hydrogens is 196 g/mol. The first kappa shape index (κ1) is 9.51. The Bertz CT molecular complexity index is 504. The number of hydrogen-bond acceptors (Lipinski definition) is 3. The zero-order chi connectivity index (χ0) is 10.8. The van der Waals surface area contributed by atoms with Gasteiger partial charge in [0.1, 0.15) is 5.75 Å². The van der Waals surface area contributed by atoms with Crippen LogP contribution in [-0.2, 0) is 11.2 Å². The summed E-state index contributed by atoms with van der Waals surface area (Å²) in [6, 6.07) is 3.47. The topological polar surface area (TPSA) is 75.2 Å². The van der Waals surface area contributed by atoms with E-state index >= 15 is 0 Å². The van der Waals surface area contributed by atoms with E-state index in [-0.39, 0.29) is 6.42 Å². The van der Waals surface area contributed by atoms with Crippen LogP contribution < -0.4 is 4.74 Å². The number of H-pyrrole nitrogens is 1. The fourth-order valence-electron chi connectivity index (χ4n) is 1.50. The van der Waals surface area contributed by atoms with Gasteiger partial charge in [0.2, 0.25) is 0 Å². The predicted octanol–water partition coefficient (Wildman–Crippen LogP) is 1.20. The van der Waals surface area contributed by atoms with Gasteiger partial charge in [-0.2, -0.15) is 0 Å². The molecule has 1 aromatic heterocycles. The Hall–Kier alpha value is -2.04. The number of rotatable bonds is 3. The van der Waals surface area contributed by atoms with Gasteiger partial charge in [-0.05, 0) is 6.07 Å². The minimum Gasteiger partial charge on any atom is -0.496 e. The number of nitrogens with one attached hydrogen (secondary N) is 1. The van der Waals surface area contributed by atoms with Crippen molar-refractivity contribution < 1.29 is 14.6 Å². The summed E-state index contributed by atoms with van der Waals surface area (Å²) in [5, 5.41) is 8.73. The van der Waals surface area contributed by atoms with Crippen LogP contribution in [0, 0.1) is 0 Å². The number of imidazole rings is 1. The Morgan fingerprint density at radius 2 is 2.40 bits per heavy atom. The molecule has 0 unspecified atom stereocenters.